The van der Waals surface area contributed by atoms with Crippen molar-refractivity contribution in [2.75, 3.05) is 0 Å². The molecule has 0 fully saturated rings. The summed E-state index contributed by atoms with van der Waals surface area (Å²) in [6.45, 7) is 4.58. The SMILES string of the molecule is C[SiH](CCC[SiH](C)O[SiH3])O[SiH3]. The van der Waals surface area contributed by atoms with Gasteiger partial charge in [0.15, 0.2) is 18.1 Å². The van der Waals surface area contributed by atoms with Crippen molar-refractivity contribution in [3.05, 3.63) is 0 Å². The second-order valence-electron chi connectivity index (χ2n) is 3.02. The molecule has 0 aliphatic carbocycles. The molecular weight excluding hydrogens is 204 g/mol. The average molecular weight is 225 g/mol. The lowest BCUT2D eigenvalue weighted by Crippen LogP contribution is -2.14. The van der Waals surface area contributed by atoms with E-state index in [0.717, 1.165) is 21.0 Å². The van der Waals surface area contributed by atoms with E-state index in [9.17, 15) is 0 Å². The molecule has 0 aliphatic heterocycles. The monoisotopic (exact) mass is 224 g/mol. The summed E-state index contributed by atoms with van der Waals surface area (Å²) < 4.78 is 10.9. The van der Waals surface area contributed by atoms with Crippen LogP contribution in [0.25, 0.3) is 0 Å². The molecule has 0 aliphatic rings. The summed E-state index contributed by atoms with van der Waals surface area (Å²) in [5, 5.41) is 0. The highest BCUT2D eigenvalue weighted by Gasteiger charge is 2.04. The Kier molecular flexibility index (Phi) is 7.97. The molecular formula is C5H20O2Si4. The van der Waals surface area contributed by atoms with Gasteiger partial charge in [-0.2, -0.15) is 0 Å². The van der Waals surface area contributed by atoms with E-state index in [1.165, 1.54) is 18.5 Å². The molecule has 0 aromatic carbocycles. The van der Waals surface area contributed by atoms with E-state index in [1.54, 1.807) is 0 Å². The van der Waals surface area contributed by atoms with E-state index < -0.39 is 18.1 Å². The molecule has 68 valence electrons. The summed E-state index contributed by atoms with van der Waals surface area (Å²) in [6, 6.07) is 2.71. The minimum absolute atomic E-state index is 0.712. The van der Waals surface area contributed by atoms with Crippen LogP contribution in [0.5, 0.6) is 0 Å². The van der Waals surface area contributed by atoms with Gasteiger partial charge in [0.1, 0.15) is 21.0 Å². The predicted molar refractivity (Wildman–Crippen MR) is 62.3 cm³/mol. The Labute approximate surface area is 79.2 Å². The fourth-order valence-electron chi connectivity index (χ4n) is 0.928. The highest BCUT2D eigenvalue weighted by Crippen LogP contribution is 2.05. The Hall–Kier alpha value is 0.788. The fourth-order valence-corrected chi connectivity index (χ4v) is 4.91. The molecule has 0 aromatic rings. The summed E-state index contributed by atoms with van der Waals surface area (Å²) in [4.78, 5) is 0. The Balaban J connectivity index is 3.13. The molecule has 2 atom stereocenters. The van der Waals surface area contributed by atoms with Gasteiger partial charge in [-0.15, -0.1) is 0 Å². The zero-order chi connectivity index (χ0) is 8.69. The van der Waals surface area contributed by atoms with E-state index in [2.05, 4.69) is 13.1 Å². The Morgan fingerprint density at radius 3 is 1.64 bits per heavy atom. The third-order valence-electron chi connectivity index (χ3n) is 2.03. The second-order valence-corrected chi connectivity index (χ2v) is 11.2. The molecule has 0 radical (unpaired) electrons. The second kappa shape index (κ2) is 7.44. The highest BCUT2D eigenvalue weighted by molar-refractivity contribution is 6.55. The minimum atomic E-state index is -0.712. The maximum absolute atomic E-state index is 5.43. The average Bonchev–Trinajstić information content (AvgIpc) is 2.04. The maximum atomic E-state index is 5.43. The molecule has 0 saturated carbocycles. The Morgan fingerprint density at radius 1 is 1.00 bits per heavy atom. The van der Waals surface area contributed by atoms with Crippen molar-refractivity contribution >= 4 is 39.1 Å². The molecule has 0 saturated heterocycles. The molecule has 2 unspecified atom stereocenters. The van der Waals surface area contributed by atoms with Gasteiger partial charge in [-0.3, -0.25) is 0 Å². The van der Waals surface area contributed by atoms with Gasteiger partial charge in [-0.25, -0.2) is 0 Å². The molecule has 0 bridgehead atoms. The van der Waals surface area contributed by atoms with Crippen molar-refractivity contribution in [3.63, 3.8) is 0 Å². The first-order chi connectivity index (χ1) is 5.20. The topological polar surface area (TPSA) is 18.5 Å². The van der Waals surface area contributed by atoms with Gasteiger partial charge in [0.2, 0.25) is 0 Å². The first kappa shape index (κ1) is 11.8. The van der Waals surface area contributed by atoms with Crippen molar-refractivity contribution in [1.29, 1.82) is 0 Å². The van der Waals surface area contributed by atoms with Crippen LogP contribution in [0.15, 0.2) is 0 Å². The van der Waals surface area contributed by atoms with Crippen molar-refractivity contribution in [2.45, 2.75) is 31.6 Å². The summed E-state index contributed by atoms with van der Waals surface area (Å²) in [5.74, 6) is 0. The first-order valence-electron chi connectivity index (χ1n) is 4.26. The smallest absolute Gasteiger partial charge is 0.159 e. The van der Waals surface area contributed by atoms with Gasteiger partial charge in [0.25, 0.3) is 0 Å². The zero-order valence-corrected chi connectivity index (χ0v) is 14.4. The van der Waals surface area contributed by atoms with Crippen molar-refractivity contribution in [1.82, 2.24) is 0 Å². The zero-order valence-electron chi connectivity index (χ0n) is 8.09. The van der Waals surface area contributed by atoms with Crippen LogP contribution in [0.1, 0.15) is 6.42 Å². The molecule has 2 nitrogen and oxygen atoms in total. The van der Waals surface area contributed by atoms with E-state index in [0.29, 0.717) is 0 Å². The van der Waals surface area contributed by atoms with Gasteiger partial charge < -0.3 is 8.23 Å². The van der Waals surface area contributed by atoms with Crippen LogP contribution in [0.2, 0.25) is 25.2 Å². The van der Waals surface area contributed by atoms with Crippen LogP contribution in [-0.4, -0.2) is 39.1 Å². The lowest BCUT2D eigenvalue weighted by molar-refractivity contribution is 0.619. The molecule has 0 rings (SSSR count). The highest BCUT2D eigenvalue weighted by atomic mass is 28.3. The van der Waals surface area contributed by atoms with Crippen LogP contribution in [0.3, 0.4) is 0 Å². The number of hydrogen-bond donors (Lipinski definition) is 0. The first-order valence-corrected chi connectivity index (χ1v) is 10.8. The van der Waals surface area contributed by atoms with E-state index in [1.807, 2.05) is 0 Å². The van der Waals surface area contributed by atoms with Crippen LogP contribution in [0.4, 0.5) is 0 Å². The van der Waals surface area contributed by atoms with Crippen molar-refractivity contribution in [2.24, 2.45) is 0 Å². The summed E-state index contributed by atoms with van der Waals surface area (Å²) >= 11 is 0. The van der Waals surface area contributed by atoms with Crippen LogP contribution < -0.4 is 0 Å². The van der Waals surface area contributed by atoms with Crippen LogP contribution >= 0.6 is 0 Å². The van der Waals surface area contributed by atoms with Gasteiger partial charge in [0, 0.05) is 0 Å². The van der Waals surface area contributed by atoms with Gasteiger partial charge in [0.05, 0.1) is 0 Å². The van der Waals surface area contributed by atoms with E-state index >= 15 is 0 Å². The lowest BCUT2D eigenvalue weighted by Gasteiger charge is -2.10. The molecule has 0 heterocycles. The molecule has 0 amide bonds. The molecule has 6 heteroatoms. The van der Waals surface area contributed by atoms with E-state index in [-0.39, 0.29) is 0 Å². The molecule has 11 heavy (non-hydrogen) atoms. The quantitative estimate of drug-likeness (QED) is 0.521. The third-order valence-corrected chi connectivity index (χ3v) is 10.9. The van der Waals surface area contributed by atoms with Crippen LogP contribution in [-0.2, 0) is 8.23 Å². The maximum Gasteiger partial charge on any atom is 0.159 e. The molecule has 0 spiro atoms. The van der Waals surface area contributed by atoms with Gasteiger partial charge in [-0.1, -0.05) is 6.42 Å². The standard InChI is InChI=1S/C5H20O2Si4/c1-10(6-8)4-3-5-11(2)7-9/h10-11H,3-5H2,1-2,8-9H3. The Morgan fingerprint density at radius 2 is 1.36 bits per heavy atom. The largest absolute Gasteiger partial charge is 0.466 e. The van der Waals surface area contributed by atoms with Gasteiger partial charge >= 0.3 is 0 Å². The number of rotatable bonds is 6. The van der Waals surface area contributed by atoms with Crippen molar-refractivity contribution in [3.8, 4) is 0 Å². The lowest BCUT2D eigenvalue weighted by atomic mass is 10.6. The predicted octanol–water partition coefficient (Wildman–Crippen LogP) is -1.32. The van der Waals surface area contributed by atoms with Gasteiger partial charge in [-0.05, 0) is 25.2 Å². The summed E-state index contributed by atoms with van der Waals surface area (Å²) in [5.41, 5.74) is 0. The number of hydrogen-bond acceptors (Lipinski definition) is 2. The van der Waals surface area contributed by atoms with Crippen LogP contribution in [0, 0.1) is 0 Å². The molecule has 0 N–H and O–H groups in total. The summed E-state index contributed by atoms with van der Waals surface area (Å²) in [6.07, 6.45) is 1.35. The third kappa shape index (κ3) is 7.16. The molecule has 0 aromatic heterocycles. The van der Waals surface area contributed by atoms with E-state index in [4.69, 9.17) is 8.23 Å². The fraction of sp³-hybridized carbons (Fsp3) is 1.00. The minimum Gasteiger partial charge on any atom is -0.466 e. The normalized spacial score (nSPS) is 16.9. The van der Waals surface area contributed by atoms with Crippen molar-refractivity contribution < 1.29 is 8.23 Å². The Bertz CT molecular complexity index is 82.6. The summed E-state index contributed by atoms with van der Waals surface area (Å²) in [7, 11) is 0.448.